The fourth-order valence-corrected chi connectivity index (χ4v) is 2.32. The molecule has 0 saturated carbocycles. The van der Waals surface area contributed by atoms with Crippen molar-refractivity contribution in [3.8, 4) is 0 Å². The van der Waals surface area contributed by atoms with Crippen LogP contribution in [0.5, 0.6) is 0 Å². The van der Waals surface area contributed by atoms with Crippen molar-refractivity contribution in [2.24, 2.45) is 0 Å². The maximum atomic E-state index is 9.27. The highest BCUT2D eigenvalue weighted by atomic mass is 79.9. The number of benzene rings is 1. The molecule has 1 aromatic rings. The molecule has 0 aromatic heterocycles. The molecule has 1 aromatic carbocycles. The van der Waals surface area contributed by atoms with Crippen LogP contribution in [0.25, 0.3) is 0 Å². The van der Waals surface area contributed by atoms with Crippen molar-refractivity contribution >= 4 is 21.6 Å². The van der Waals surface area contributed by atoms with Gasteiger partial charge >= 0.3 is 0 Å². The summed E-state index contributed by atoms with van der Waals surface area (Å²) in [7, 11) is 1.69. The zero-order valence-electron chi connectivity index (χ0n) is 12.5. The Hall–Kier alpha value is -0.620. The zero-order valence-corrected chi connectivity index (χ0v) is 14.1. The molecule has 20 heavy (non-hydrogen) atoms. The lowest BCUT2D eigenvalue weighted by Gasteiger charge is -2.27. The Morgan fingerprint density at radius 2 is 2.10 bits per heavy atom. The van der Waals surface area contributed by atoms with Crippen LogP contribution in [0, 0.1) is 0 Å². The monoisotopic (exact) mass is 344 g/mol. The van der Waals surface area contributed by atoms with Crippen LogP contribution in [0.15, 0.2) is 22.7 Å². The summed E-state index contributed by atoms with van der Waals surface area (Å²) in [5.41, 5.74) is 2.37. The van der Waals surface area contributed by atoms with Gasteiger partial charge < -0.3 is 20.1 Å². The maximum Gasteiger partial charge on any atom is 0.0637 e. The van der Waals surface area contributed by atoms with Gasteiger partial charge in [0.05, 0.1) is 13.2 Å². The highest BCUT2D eigenvalue weighted by molar-refractivity contribution is 9.10. The highest BCUT2D eigenvalue weighted by Gasteiger charge is 2.12. The summed E-state index contributed by atoms with van der Waals surface area (Å²) in [6.45, 7) is 7.23. The molecule has 114 valence electrons. The Kier molecular flexibility index (Phi) is 8.14. The van der Waals surface area contributed by atoms with Gasteiger partial charge in [0.25, 0.3) is 0 Å². The van der Waals surface area contributed by atoms with Crippen LogP contribution in [0.3, 0.4) is 0 Å². The van der Waals surface area contributed by atoms with Gasteiger partial charge in [-0.2, -0.15) is 0 Å². The Morgan fingerprint density at radius 3 is 2.70 bits per heavy atom. The summed E-state index contributed by atoms with van der Waals surface area (Å²) in [6.07, 6.45) is 0. The molecule has 0 radical (unpaired) electrons. The van der Waals surface area contributed by atoms with Crippen molar-refractivity contribution < 1.29 is 9.84 Å². The third-order valence-electron chi connectivity index (χ3n) is 3.02. The molecule has 0 spiro atoms. The molecule has 0 amide bonds. The number of aliphatic hydroxyl groups is 1. The van der Waals surface area contributed by atoms with Crippen LogP contribution in [-0.4, -0.2) is 44.6 Å². The second-order valence-electron chi connectivity index (χ2n) is 5.01. The normalized spacial score (nSPS) is 11.1. The van der Waals surface area contributed by atoms with Gasteiger partial charge in [0.15, 0.2) is 0 Å². The minimum Gasteiger partial charge on any atom is -0.395 e. The Balaban J connectivity index is 2.93. The summed E-state index contributed by atoms with van der Waals surface area (Å²) in [5, 5.41) is 12.7. The first-order chi connectivity index (χ1) is 9.58. The summed E-state index contributed by atoms with van der Waals surface area (Å²) in [4.78, 5) is 2.16. The lowest BCUT2D eigenvalue weighted by molar-refractivity contribution is 0.203. The molecule has 0 aliphatic carbocycles. The predicted molar refractivity (Wildman–Crippen MR) is 87.3 cm³/mol. The fourth-order valence-electron chi connectivity index (χ4n) is 1.97. The Labute approximate surface area is 130 Å². The quantitative estimate of drug-likeness (QED) is 0.721. The third kappa shape index (κ3) is 5.79. The summed E-state index contributed by atoms with van der Waals surface area (Å²) in [5.74, 6) is 0. The first-order valence-corrected chi connectivity index (χ1v) is 7.74. The number of nitrogens with zero attached hydrogens (tertiary/aromatic N) is 1. The minimum atomic E-state index is 0.132. The van der Waals surface area contributed by atoms with Gasteiger partial charge in [-0.15, -0.1) is 0 Å². The molecule has 0 saturated heterocycles. The average molecular weight is 345 g/mol. The van der Waals surface area contributed by atoms with Crippen molar-refractivity contribution in [2.75, 3.05) is 38.3 Å². The number of rotatable bonds is 9. The number of halogens is 1. The van der Waals surface area contributed by atoms with Crippen LogP contribution in [0.1, 0.15) is 19.4 Å². The second-order valence-corrected chi connectivity index (χ2v) is 5.93. The summed E-state index contributed by atoms with van der Waals surface area (Å²) in [6, 6.07) is 6.71. The van der Waals surface area contributed by atoms with E-state index >= 15 is 0 Å². The summed E-state index contributed by atoms with van der Waals surface area (Å²) < 4.78 is 6.20. The van der Waals surface area contributed by atoms with Gasteiger partial charge in [0, 0.05) is 42.9 Å². The van der Waals surface area contributed by atoms with E-state index in [1.807, 2.05) is 6.07 Å². The van der Waals surface area contributed by atoms with Gasteiger partial charge in [0.1, 0.15) is 0 Å². The van der Waals surface area contributed by atoms with Crippen molar-refractivity contribution in [3.63, 3.8) is 0 Å². The van der Waals surface area contributed by atoms with Crippen LogP contribution in [0.2, 0.25) is 0 Å². The van der Waals surface area contributed by atoms with Crippen LogP contribution in [-0.2, 0) is 11.3 Å². The molecule has 0 fully saturated rings. The van der Waals surface area contributed by atoms with E-state index in [2.05, 4.69) is 52.1 Å². The number of methoxy groups -OCH3 is 1. The molecule has 4 nitrogen and oxygen atoms in total. The standard InChI is InChI=1S/C15H25BrN2O2/c1-12(2)17-11-13-4-5-14(16)10-15(13)18(6-8-19)7-9-20-3/h4-5,10,12,17,19H,6-9,11H2,1-3H3. The Morgan fingerprint density at radius 1 is 1.35 bits per heavy atom. The van der Waals surface area contributed by atoms with E-state index in [4.69, 9.17) is 4.74 Å². The van der Waals surface area contributed by atoms with Gasteiger partial charge in [0.2, 0.25) is 0 Å². The molecule has 0 unspecified atom stereocenters. The number of hydrogen-bond acceptors (Lipinski definition) is 4. The largest absolute Gasteiger partial charge is 0.395 e. The van der Waals surface area contributed by atoms with E-state index < -0.39 is 0 Å². The first-order valence-electron chi connectivity index (χ1n) is 6.95. The van der Waals surface area contributed by atoms with E-state index in [-0.39, 0.29) is 6.61 Å². The van der Waals surface area contributed by atoms with E-state index in [1.54, 1.807) is 7.11 Å². The topological polar surface area (TPSA) is 44.7 Å². The number of anilines is 1. The molecular weight excluding hydrogens is 320 g/mol. The predicted octanol–water partition coefficient (Wildman–Crippen LogP) is 2.39. The van der Waals surface area contributed by atoms with Crippen LogP contribution >= 0.6 is 15.9 Å². The van der Waals surface area contributed by atoms with E-state index in [0.29, 0.717) is 19.2 Å². The number of nitrogens with one attached hydrogen (secondary N) is 1. The van der Waals surface area contributed by atoms with Gasteiger partial charge in [-0.3, -0.25) is 0 Å². The smallest absolute Gasteiger partial charge is 0.0637 e. The van der Waals surface area contributed by atoms with Crippen molar-refractivity contribution in [2.45, 2.75) is 26.4 Å². The highest BCUT2D eigenvalue weighted by Crippen LogP contribution is 2.25. The molecule has 0 heterocycles. The Bertz CT molecular complexity index is 399. The number of aliphatic hydroxyl groups excluding tert-OH is 1. The van der Waals surface area contributed by atoms with Crippen LogP contribution < -0.4 is 10.2 Å². The zero-order chi connectivity index (χ0) is 15.0. The maximum absolute atomic E-state index is 9.27. The summed E-state index contributed by atoms with van der Waals surface area (Å²) >= 11 is 3.52. The van der Waals surface area contributed by atoms with Crippen molar-refractivity contribution in [1.29, 1.82) is 0 Å². The van der Waals surface area contributed by atoms with Gasteiger partial charge in [-0.05, 0) is 17.7 Å². The van der Waals surface area contributed by atoms with E-state index in [9.17, 15) is 5.11 Å². The second kappa shape index (κ2) is 9.34. The lowest BCUT2D eigenvalue weighted by Crippen LogP contribution is -2.32. The number of ether oxygens (including phenoxy) is 1. The molecule has 0 atom stereocenters. The average Bonchev–Trinajstić information content (AvgIpc) is 2.42. The molecule has 1 rings (SSSR count). The van der Waals surface area contributed by atoms with Crippen molar-refractivity contribution in [1.82, 2.24) is 5.32 Å². The molecule has 0 aliphatic rings. The minimum absolute atomic E-state index is 0.132. The van der Waals surface area contributed by atoms with Crippen molar-refractivity contribution in [3.05, 3.63) is 28.2 Å². The molecule has 5 heteroatoms. The van der Waals surface area contributed by atoms with E-state index in [1.165, 1.54) is 5.56 Å². The molecule has 0 bridgehead atoms. The third-order valence-corrected chi connectivity index (χ3v) is 3.52. The molecule has 0 aliphatic heterocycles. The first kappa shape index (κ1) is 17.4. The molecular formula is C15H25BrN2O2. The fraction of sp³-hybridized carbons (Fsp3) is 0.600. The SMILES string of the molecule is COCCN(CCO)c1cc(Br)ccc1CNC(C)C. The van der Waals surface area contributed by atoms with Gasteiger partial charge in [-0.25, -0.2) is 0 Å². The lowest BCUT2D eigenvalue weighted by atomic mass is 10.1. The van der Waals surface area contributed by atoms with E-state index in [0.717, 1.165) is 23.2 Å². The van der Waals surface area contributed by atoms with Crippen LogP contribution in [0.4, 0.5) is 5.69 Å². The van der Waals surface area contributed by atoms with Gasteiger partial charge in [-0.1, -0.05) is 35.8 Å². The number of hydrogen-bond donors (Lipinski definition) is 2. The molecule has 2 N–H and O–H groups in total.